The second-order valence-corrected chi connectivity index (χ2v) is 7.36. The van der Waals surface area contributed by atoms with Crippen molar-refractivity contribution < 1.29 is 28.3 Å². The molecule has 0 saturated heterocycles. The molecular formula is C21H25FN4O5S. The molecule has 9 nitrogen and oxygen atoms in total. The van der Waals surface area contributed by atoms with Crippen LogP contribution >= 0.6 is 12.6 Å². The predicted molar refractivity (Wildman–Crippen MR) is 117 cm³/mol. The van der Waals surface area contributed by atoms with Crippen LogP contribution in [0.25, 0.3) is 0 Å². The largest absolute Gasteiger partial charge is 0.456 e. The second kappa shape index (κ2) is 12.0. The van der Waals surface area contributed by atoms with E-state index in [1.165, 1.54) is 19.9 Å². The molecule has 11 heteroatoms. The van der Waals surface area contributed by atoms with Crippen LogP contribution in [0.2, 0.25) is 0 Å². The zero-order valence-corrected chi connectivity index (χ0v) is 18.6. The lowest BCUT2D eigenvalue weighted by molar-refractivity contribution is -0.151. The molecule has 0 aromatic carbocycles. The average molecular weight is 465 g/mol. The van der Waals surface area contributed by atoms with Crippen molar-refractivity contribution in [3.8, 4) is 0 Å². The lowest BCUT2D eigenvalue weighted by Gasteiger charge is -2.19. The van der Waals surface area contributed by atoms with Crippen molar-refractivity contribution in [3.63, 3.8) is 0 Å². The number of esters is 1. The Morgan fingerprint density at radius 1 is 1.25 bits per heavy atom. The maximum Gasteiger partial charge on any atom is 0.328 e. The number of pyridine rings is 1. The van der Waals surface area contributed by atoms with Crippen LogP contribution in [0.15, 0.2) is 36.1 Å². The van der Waals surface area contributed by atoms with Gasteiger partial charge in [-0.15, -0.1) is 0 Å². The molecule has 2 atom stereocenters. The van der Waals surface area contributed by atoms with Crippen LogP contribution in [0, 0.1) is 5.82 Å². The van der Waals surface area contributed by atoms with Gasteiger partial charge in [0, 0.05) is 6.07 Å². The molecule has 1 aliphatic rings. The smallest absolute Gasteiger partial charge is 0.328 e. The quantitative estimate of drug-likeness (QED) is 0.230. The van der Waals surface area contributed by atoms with Gasteiger partial charge in [0.2, 0.25) is 5.91 Å². The van der Waals surface area contributed by atoms with E-state index in [-0.39, 0.29) is 30.1 Å². The molecule has 32 heavy (non-hydrogen) atoms. The first-order chi connectivity index (χ1) is 15.2. The lowest BCUT2D eigenvalue weighted by atomic mass is 10.2. The lowest BCUT2D eigenvalue weighted by Crippen LogP contribution is -2.44. The van der Waals surface area contributed by atoms with Gasteiger partial charge in [0.25, 0.3) is 11.8 Å². The molecule has 0 aliphatic carbocycles. The monoisotopic (exact) mass is 464 g/mol. The third kappa shape index (κ3) is 7.49. The fraction of sp³-hybridized carbons (Fsp3) is 0.381. The number of ether oxygens (including phenoxy) is 1. The van der Waals surface area contributed by atoms with Gasteiger partial charge in [-0.05, 0) is 38.2 Å². The van der Waals surface area contributed by atoms with Gasteiger partial charge in [-0.3, -0.25) is 14.4 Å². The number of amides is 3. The number of hydrogen-bond donors (Lipinski definition) is 4. The van der Waals surface area contributed by atoms with E-state index >= 15 is 0 Å². The highest BCUT2D eigenvalue weighted by atomic mass is 32.1. The zero-order chi connectivity index (χ0) is 23.7. The summed E-state index contributed by atoms with van der Waals surface area (Å²) in [6, 6.07) is 0.928. The van der Waals surface area contributed by atoms with Crippen molar-refractivity contribution in [1.29, 1.82) is 0 Å². The summed E-state index contributed by atoms with van der Waals surface area (Å²) in [5.74, 6) is -2.95. The number of allylic oxidation sites excluding steroid dienone is 2. The van der Waals surface area contributed by atoms with E-state index in [1.54, 1.807) is 12.2 Å². The van der Waals surface area contributed by atoms with E-state index in [0.717, 1.165) is 12.1 Å². The summed E-state index contributed by atoms with van der Waals surface area (Å²) >= 11 is 4.11. The molecule has 1 aromatic rings. The van der Waals surface area contributed by atoms with Crippen LogP contribution in [-0.4, -0.2) is 46.6 Å². The first kappa shape index (κ1) is 25.1. The van der Waals surface area contributed by atoms with Crippen LogP contribution in [-0.2, 0) is 25.7 Å². The van der Waals surface area contributed by atoms with Crippen molar-refractivity contribution in [1.82, 2.24) is 20.9 Å². The first-order valence-corrected chi connectivity index (χ1v) is 10.6. The molecule has 3 N–H and O–H groups in total. The number of aromatic nitrogens is 1. The Morgan fingerprint density at radius 3 is 2.69 bits per heavy atom. The van der Waals surface area contributed by atoms with Gasteiger partial charge in [0.15, 0.2) is 0 Å². The number of nitrogens with one attached hydrogen (secondary N) is 3. The summed E-state index contributed by atoms with van der Waals surface area (Å²) in [6.07, 6.45) is 4.16. The molecule has 2 rings (SSSR count). The number of hydrogen-bond acceptors (Lipinski definition) is 7. The number of cyclic esters (lactones) is 1. The fourth-order valence-electron chi connectivity index (χ4n) is 2.70. The highest BCUT2D eigenvalue weighted by Crippen LogP contribution is 2.09. The van der Waals surface area contributed by atoms with Crippen LogP contribution < -0.4 is 16.0 Å². The van der Waals surface area contributed by atoms with E-state index in [9.17, 15) is 23.6 Å². The molecule has 0 spiro atoms. The van der Waals surface area contributed by atoms with Crippen LogP contribution in [0.3, 0.4) is 0 Å². The average Bonchev–Trinajstić information content (AvgIpc) is 2.74. The van der Waals surface area contributed by atoms with E-state index in [4.69, 9.17) is 4.74 Å². The van der Waals surface area contributed by atoms with Crippen molar-refractivity contribution in [2.45, 2.75) is 45.4 Å². The number of thiol groups is 1. The number of fused-ring (bicyclic) bond motifs is 2. The number of nitrogens with zero attached hydrogens (tertiary/aromatic N) is 1. The molecule has 3 amide bonds. The first-order valence-electron chi connectivity index (χ1n) is 9.93. The molecule has 2 bridgehead atoms. The van der Waals surface area contributed by atoms with E-state index < -0.39 is 41.7 Å². The third-order valence-electron chi connectivity index (χ3n) is 4.33. The third-order valence-corrected chi connectivity index (χ3v) is 4.58. The Kier molecular flexibility index (Phi) is 9.39. The van der Waals surface area contributed by atoms with Crippen molar-refractivity contribution >= 4 is 36.3 Å². The van der Waals surface area contributed by atoms with E-state index in [0.29, 0.717) is 12.2 Å². The minimum absolute atomic E-state index is 0.106. The van der Waals surface area contributed by atoms with E-state index in [2.05, 4.69) is 33.6 Å². The normalized spacial score (nSPS) is 22.3. The molecule has 0 unspecified atom stereocenters. The Hall–Kier alpha value is -3.21. The number of halogens is 1. The Labute approximate surface area is 190 Å². The summed E-state index contributed by atoms with van der Waals surface area (Å²) < 4.78 is 19.4. The summed E-state index contributed by atoms with van der Waals surface area (Å²) in [5.41, 5.74) is -0.309. The Bertz CT molecular complexity index is 950. The van der Waals surface area contributed by atoms with E-state index in [1.807, 2.05) is 0 Å². The van der Waals surface area contributed by atoms with Crippen molar-refractivity contribution in [3.05, 3.63) is 53.3 Å². The van der Waals surface area contributed by atoms with Crippen LogP contribution in [0.1, 0.15) is 42.9 Å². The molecular weight excluding hydrogens is 439 g/mol. The molecule has 172 valence electrons. The zero-order valence-electron chi connectivity index (χ0n) is 17.7. The summed E-state index contributed by atoms with van der Waals surface area (Å²) in [7, 11) is 0. The van der Waals surface area contributed by atoms with Crippen molar-refractivity contribution in [2.24, 2.45) is 0 Å². The highest BCUT2D eigenvalue weighted by molar-refractivity contribution is 7.80. The highest BCUT2D eigenvalue weighted by Gasteiger charge is 2.24. The van der Waals surface area contributed by atoms with Gasteiger partial charge >= 0.3 is 5.97 Å². The molecule has 0 fully saturated rings. The minimum atomic E-state index is -1.06. The number of carbonyl (C=O) groups excluding carboxylic acids is 4. The van der Waals surface area contributed by atoms with Crippen LogP contribution in [0.5, 0.6) is 0 Å². The van der Waals surface area contributed by atoms with Gasteiger partial charge < -0.3 is 20.7 Å². The predicted octanol–water partition coefficient (Wildman–Crippen LogP) is 1.17. The molecule has 0 saturated carbocycles. The number of rotatable bonds is 3. The summed E-state index contributed by atoms with van der Waals surface area (Å²) in [5, 5.41) is 7.33. The summed E-state index contributed by atoms with van der Waals surface area (Å²) in [6.45, 7) is 2.78. The molecule has 1 aliphatic heterocycles. The SMILES string of the molecule is C/C=C1\NC(=O)c2cc(F)cc(n2)CNC(=O)C[C@@H](/C=C/CCS)OC(=O)[C@H](C)NC1=O. The van der Waals surface area contributed by atoms with Gasteiger partial charge in [0.1, 0.15) is 29.4 Å². The topological polar surface area (TPSA) is 126 Å². The Morgan fingerprint density at radius 2 is 2.00 bits per heavy atom. The van der Waals surface area contributed by atoms with Crippen LogP contribution in [0.4, 0.5) is 4.39 Å². The number of carbonyl (C=O) groups is 4. The van der Waals surface area contributed by atoms with Gasteiger partial charge in [-0.2, -0.15) is 12.6 Å². The maximum atomic E-state index is 14.0. The standard InChI is InChI=1S/C21H25FN4O5S/c1-3-16-19(28)24-12(2)21(30)31-15(6-4-5-7-32)10-18(27)23-11-14-8-13(22)9-17(25-14)20(29)26-16/h3-4,6,8-9,12,15,32H,5,7,10-11H2,1-2H3,(H,23,27)(H,24,28)(H,26,29)/b6-4+,16-3-/t12-,15+/m0/s1. The second-order valence-electron chi connectivity index (χ2n) is 6.91. The van der Waals surface area contributed by atoms with Gasteiger partial charge in [0.05, 0.1) is 18.7 Å². The summed E-state index contributed by atoms with van der Waals surface area (Å²) in [4.78, 5) is 53.8. The van der Waals surface area contributed by atoms with Gasteiger partial charge in [-0.1, -0.05) is 12.2 Å². The molecule has 2 heterocycles. The van der Waals surface area contributed by atoms with Gasteiger partial charge in [-0.25, -0.2) is 14.2 Å². The van der Waals surface area contributed by atoms with Crippen molar-refractivity contribution in [2.75, 3.05) is 5.75 Å². The minimum Gasteiger partial charge on any atom is -0.456 e. The fourth-order valence-corrected chi connectivity index (χ4v) is 2.85. The molecule has 1 aromatic heterocycles. The maximum absolute atomic E-state index is 14.0. The Balaban J connectivity index is 2.36. The molecule has 0 radical (unpaired) electrons.